The molecule has 1 saturated heterocycles. The summed E-state index contributed by atoms with van der Waals surface area (Å²) in [5.41, 5.74) is 11.0. The molecular weight excluding hydrogens is 220 g/mol. The minimum atomic E-state index is -0.417. The van der Waals surface area contributed by atoms with Crippen molar-refractivity contribution in [2.45, 2.75) is 44.3 Å². The van der Waals surface area contributed by atoms with Crippen LogP contribution in [0.3, 0.4) is 0 Å². The Morgan fingerprint density at radius 1 is 1.31 bits per heavy atom. The van der Waals surface area contributed by atoms with Gasteiger partial charge in [-0.05, 0) is 6.42 Å². The Morgan fingerprint density at radius 2 is 2.00 bits per heavy atom. The zero-order valence-electron chi connectivity index (χ0n) is 10.2. The quantitative estimate of drug-likeness (QED) is 0.667. The summed E-state index contributed by atoms with van der Waals surface area (Å²) in [6, 6.07) is 0. The van der Waals surface area contributed by atoms with Crippen LogP contribution in [0.5, 0.6) is 0 Å². The summed E-state index contributed by atoms with van der Waals surface area (Å²) in [5, 5.41) is 0.156. The zero-order chi connectivity index (χ0) is 12.0. The Bertz CT molecular complexity index is 229. The molecule has 3 nitrogen and oxygen atoms in total. The fourth-order valence-electron chi connectivity index (χ4n) is 2.12. The largest absolute Gasteiger partial charge is 0.329 e. The van der Waals surface area contributed by atoms with E-state index in [4.69, 9.17) is 11.5 Å². The second kappa shape index (κ2) is 6.62. The van der Waals surface area contributed by atoms with E-state index in [1.807, 2.05) is 0 Å². The molecule has 0 aromatic heterocycles. The number of unbranched alkanes of at least 4 members (excludes halogenated alkanes) is 3. The summed E-state index contributed by atoms with van der Waals surface area (Å²) < 4.78 is 0. The maximum atomic E-state index is 12.2. The van der Waals surface area contributed by atoms with Crippen LogP contribution in [0.25, 0.3) is 0 Å². The lowest BCUT2D eigenvalue weighted by molar-refractivity contribution is -0.125. The van der Waals surface area contributed by atoms with E-state index in [0.717, 1.165) is 18.6 Å². The van der Waals surface area contributed by atoms with Gasteiger partial charge in [0.2, 0.25) is 0 Å². The van der Waals surface area contributed by atoms with Gasteiger partial charge in [-0.15, -0.1) is 11.8 Å². The average molecular weight is 244 g/mol. The van der Waals surface area contributed by atoms with Crippen molar-refractivity contribution in [3.05, 3.63) is 0 Å². The monoisotopic (exact) mass is 244 g/mol. The van der Waals surface area contributed by atoms with E-state index in [-0.39, 0.29) is 5.25 Å². The molecule has 16 heavy (non-hydrogen) atoms. The molecule has 0 bridgehead atoms. The van der Waals surface area contributed by atoms with E-state index in [1.54, 1.807) is 11.8 Å². The first-order valence-corrected chi connectivity index (χ1v) is 7.31. The van der Waals surface area contributed by atoms with Gasteiger partial charge in [-0.1, -0.05) is 32.6 Å². The number of nitrogens with two attached hydrogens (primary N) is 2. The SMILES string of the molecule is CCCCCCC1SCC(CN)(CN)C1=O. The second-order valence-corrected chi connectivity index (χ2v) is 5.89. The minimum absolute atomic E-state index is 0.156. The first kappa shape index (κ1) is 14.0. The van der Waals surface area contributed by atoms with Gasteiger partial charge in [0.1, 0.15) is 0 Å². The molecule has 1 rings (SSSR count). The number of hydrogen-bond donors (Lipinski definition) is 2. The third-order valence-corrected chi connectivity index (χ3v) is 5.05. The summed E-state index contributed by atoms with van der Waals surface area (Å²) in [5.74, 6) is 1.12. The molecule has 0 aliphatic carbocycles. The molecular formula is C12H24N2OS. The van der Waals surface area contributed by atoms with Gasteiger partial charge < -0.3 is 11.5 Å². The average Bonchev–Trinajstić information content (AvgIpc) is 2.63. The van der Waals surface area contributed by atoms with Gasteiger partial charge in [0.25, 0.3) is 0 Å². The van der Waals surface area contributed by atoms with Crippen LogP contribution in [0.15, 0.2) is 0 Å². The normalized spacial score (nSPS) is 23.9. The van der Waals surface area contributed by atoms with E-state index >= 15 is 0 Å². The summed E-state index contributed by atoms with van der Waals surface area (Å²) >= 11 is 1.76. The highest BCUT2D eigenvalue weighted by Crippen LogP contribution is 2.38. The molecule has 1 aliphatic heterocycles. The third-order valence-electron chi connectivity index (χ3n) is 3.48. The summed E-state index contributed by atoms with van der Waals surface area (Å²) in [6.45, 7) is 3.00. The molecule has 1 heterocycles. The van der Waals surface area contributed by atoms with Crippen LogP contribution in [0, 0.1) is 5.41 Å². The highest BCUT2D eigenvalue weighted by atomic mass is 32.2. The molecule has 1 atom stereocenters. The zero-order valence-corrected chi connectivity index (χ0v) is 11.0. The molecule has 0 aromatic rings. The third kappa shape index (κ3) is 2.99. The van der Waals surface area contributed by atoms with Crippen LogP contribution in [0.1, 0.15) is 39.0 Å². The topological polar surface area (TPSA) is 69.1 Å². The van der Waals surface area contributed by atoms with Crippen molar-refractivity contribution in [1.29, 1.82) is 0 Å². The van der Waals surface area contributed by atoms with Crippen molar-refractivity contribution < 1.29 is 4.79 Å². The lowest BCUT2D eigenvalue weighted by Crippen LogP contribution is -2.45. The molecule has 0 aromatic carbocycles. The predicted octanol–water partition coefficient (Wildman–Crippen LogP) is 1.55. The predicted molar refractivity (Wildman–Crippen MR) is 70.6 cm³/mol. The van der Waals surface area contributed by atoms with Crippen molar-refractivity contribution in [2.24, 2.45) is 16.9 Å². The highest BCUT2D eigenvalue weighted by molar-refractivity contribution is 8.01. The van der Waals surface area contributed by atoms with E-state index in [9.17, 15) is 4.79 Å². The molecule has 0 radical (unpaired) electrons. The maximum absolute atomic E-state index is 12.2. The molecule has 0 spiro atoms. The molecule has 94 valence electrons. The van der Waals surface area contributed by atoms with Gasteiger partial charge >= 0.3 is 0 Å². The molecule has 0 amide bonds. The van der Waals surface area contributed by atoms with Crippen LogP contribution in [0.2, 0.25) is 0 Å². The smallest absolute Gasteiger partial charge is 0.155 e. The Kier molecular flexibility index (Phi) is 5.79. The maximum Gasteiger partial charge on any atom is 0.155 e. The van der Waals surface area contributed by atoms with Crippen molar-refractivity contribution >= 4 is 17.5 Å². The van der Waals surface area contributed by atoms with E-state index < -0.39 is 5.41 Å². The van der Waals surface area contributed by atoms with Crippen molar-refractivity contribution in [3.8, 4) is 0 Å². The van der Waals surface area contributed by atoms with Gasteiger partial charge in [0.15, 0.2) is 5.78 Å². The molecule has 1 unspecified atom stereocenters. The number of carbonyl (C=O) groups is 1. The molecule has 1 fully saturated rings. The Morgan fingerprint density at radius 3 is 2.50 bits per heavy atom. The van der Waals surface area contributed by atoms with Crippen LogP contribution >= 0.6 is 11.8 Å². The first-order valence-electron chi connectivity index (χ1n) is 6.26. The second-order valence-electron chi connectivity index (χ2n) is 4.70. The fraction of sp³-hybridized carbons (Fsp3) is 0.917. The Balaban J connectivity index is 2.38. The molecule has 4 heteroatoms. The summed E-state index contributed by atoms with van der Waals surface area (Å²) in [7, 11) is 0. The van der Waals surface area contributed by atoms with Crippen molar-refractivity contribution in [1.82, 2.24) is 0 Å². The van der Waals surface area contributed by atoms with E-state index in [0.29, 0.717) is 18.9 Å². The van der Waals surface area contributed by atoms with Gasteiger partial charge in [-0.2, -0.15) is 0 Å². The number of rotatable bonds is 7. The minimum Gasteiger partial charge on any atom is -0.329 e. The van der Waals surface area contributed by atoms with Crippen molar-refractivity contribution in [2.75, 3.05) is 18.8 Å². The standard InChI is InChI=1S/C12H24N2OS/c1-2-3-4-5-6-10-11(15)12(7-13,8-14)9-16-10/h10H,2-9,13-14H2,1H3. The number of hydrogen-bond acceptors (Lipinski definition) is 4. The molecule has 4 N–H and O–H groups in total. The van der Waals surface area contributed by atoms with Gasteiger partial charge in [0, 0.05) is 18.8 Å². The van der Waals surface area contributed by atoms with Crippen LogP contribution in [0.4, 0.5) is 0 Å². The van der Waals surface area contributed by atoms with Gasteiger partial charge in [0.05, 0.1) is 10.7 Å². The van der Waals surface area contributed by atoms with E-state index in [1.165, 1.54) is 19.3 Å². The first-order chi connectivity index (χ1) is 7.70. The van der Waals surface area contributed by atoms with Crippen LogP contribution in [-0.2, 0) is 4.79 Å². The lowest BCUT2D eigenvalue weighted by Gasteiger charge is -2.22. The van der Waals surface area contributed by atoms with Gasteiger partial charge in [-0.3, -0.25) is 4.79 Å². The Labute approximate surface area is 103 Å². The van der Waals surface area contributed by atoms with E-state index in [2.05, 4.69) is 6.92 Å². The molecule has 1 aliphatic rings. The summed E-state index contributed by atoms with van der Waals surface area (Å²) in [6.07, 6.45) is 5.90. The summed E-state index contributed by atoms with van der Waals surface area (Å²) in [4.78, 5) is 12.2. The van der Waals surface area contributed by atoms with Crippen molar-refractivity contribution in [3.63, 3.8) is 0 Å². The van der Waals surface area contributed by atoms with Crippen LogP contribution in [-0.4, -0.2) is 29.9 Å². The van der Waals surface area contributed by atoms with Gasteiger partial charge in [-0.25, -0.2) is 0 Å². The Hall–Kier alpha value is -0.0600. The number of thioether (sulfide) groups is 1. The lowest BCUT2D eigenvalue weighted by atomic mass is 9.83. The number of carbonyl (C=O) groups excluding carboxylic acids is 1. The highest BCUT2D eigenvalue weighted by Gasteiger charge is 2.45. The molecule has 0 saturated carbocycles. The fourth-order valence-corrected chi connectivity index (χ4v) is 3.75. The number of ketones is 1. The number of Topliss-reactive ketones (excluding diaryl/α,β-unsaturated/α-hetero) is 1. The van der Waals surface area contributed by atoms with Crippen LogP contribution < -0.4 is 11.5 Å².